The van der Waals surface area contributed by atoms with Gasteiger partial charge in [-0.3, -0.25) is 0 Å². The predicted molar refractivity (Wildman–Crippen MR) is 63.6 cm³/mol. The van der Waals surface area contributed by atoms with Crippen molar-refractivity contribution in [1.82, 2.24) is 10.0 Å². The van der Waals surface area contributed by atoms with E-state index in [1.807, 2.05) is 24.4 Å². The number of hydrogen-bond acceptors (Lipinski definition) is 4. The Labute approximate surface area is 94.8 Å². The van der Waals surface area contributed by atoms with Crippen molar-refractivity contribution >= 4 is 21.4 Å². The molecular formula is C9H16N2O2S2. The van der Waals surface area contributed by atoms with Crippen LogP contribution < -0.4 is 10.0 Å². The topological polar surface area (TPSA) is 58.2 Å². The van der Waals surface area contributed by atoms with Crippen LogP contribution in [0.5, 0.6) is 0 Å². The van der Waals surface area contributed by atoms with Crippen LogP contribution in [0, 0.1) is 0 Å². The molecule has 2 N–H and O–H groups in total. The minimum atomic E-state index is -3.17. The first-order valence-corrected chi connectivity index (χ1v) is 7.26. The van der Waals surface area contributed by atoms with Crippen LogP contribution in [0.3, 0.4) is 0 Å². The molecule has 0 radical (unpaired) electrons. The Morgan fingerprint density at radius 2 is 2.27 bits per heavy atom. The number of hydrogen-bond donors (Lipinski definition) is 2. The number of thiophene rings is 1. The summed E-state index contributed by atoms with van der Waals surface area (Å²) >= 11 is 1.55. The zero-order valence-electron chi connectivity index (χ0n) is 8.86. The summed E-state index contributed by atoms with van der Waals surface area (Å²) in [6, 6.07) is 3.70. The largest absolute Gasteiger partial charge is 0.319 e. The molecule has 6 heteroatoms. The Hall–Kier alpha value is -0.430. The lowest BCUT2D eigenvalue weighted by Crippen LogP contribution is -2.32. The number of rotatable bonds is 6. The highest BCUT2D eigenvalue weighted by atomic mass is 32.2. The summed E-state index contributed by atoms with van der Waals surface area (Å²) in [5.41, 5.74) is 0. The molecule has 15 heavy (non-hydrogen) atoms. The Kier molecular flexibility index (Phi) is 4.72. The summed E-state index contributed by atoms with van der Waals surface area (Å²) in [4.78, 5) is 1.03. The maximum atomic E-state index is 11.5. The van der Waals surface area contributed by atoms with Crippen molar-refractivity contribution < 1.29 is 8.42 Å². The van der Waals surface area contributed by atoms with Gasteiger partial charge >= 0.3 is 0 Å². The van der Waals surface area contributed by atoms with Gasteiger partial charge in [-0.1, -0.05) is 6.07 Å². The molecule has 0 fully saturated rings. The molecule has 0 saturated heterocycles. The van der Waals surface area contributed by atoms with E-state index < -0.39 is 10.0 Å². The van der Waals surface area contributed by atoms with Gasteiger partial charge < -0.3 is 5.32 Å². The summed E-state index contributed by atoms with van der Waals surface area (Å²) in [6.45, 7) is 2.31. The molecule has 1 rings (SSSR count). The second-order valence-corrected chi connectivity index (χ2v) is 6.13. The van der Waals surface area contributed by atoms with Gasteiger partial charge in [-0.05, 0) is 25.4 Å². The summed E-state index contributed by atoms with van der Waals surface area (Å²) < 4.78 is 25.7. The van der Waals surface area contributed by atoms with Gasteiger partial charge in [0.05, 0.1) is 11.8 Å². The Morgan fingerprint density at radius 1 is 1.53 bits per heavy atom. The molecule has 0 amide bonds. The summed E-state index contributed by atoms with van der Waals surface area (Å²) in [6.07, 6.45) is 0. The first kappa shape index (κ1) is 12.6. The van der Waals surface area contributed by atoms with Crippen LogP contribution in [0.25, 0.3) is 0 Å². The van der Waals surface area contributed by atoms with Crippen LogP contribution >= 0.6 is 11.3 Å². The zero-order chi connectivity index (χ0) is 11.3. The fraction of sp³-hybridized carbons (Fsp3) is 0.556. The molecule has 0 aliphatic rings. The van der Waals surface area contributed by atoms with Crippen molar-refractivity contribution in [1.29, 1.82) is 0 Å². The fourth-order valence-corrected chi connectivity index (χ4v) is 3.23. The van der Waals surface area contributed by atoms with Gasteiger partial charge in [0.15, 0.2) is 0 Å². The standard InChI is InChI=1S/C9H16N2O2S2/c1-8(9-4-3-6-14-9)11-15(12,13)7-5-10-2/h3-4,6,8,10-11H,5,7H2,1-2H3. The summed E-state index contributed by atoms with van der Waals surface area (Å²) in [5.74, 6) is 0.110. The molecule has 1 aromatic rings. The van der Waals surface area contributed by atoms with Gasteiger partial charge in [0.2, 0.25) is 10.0 Å². The van der Waals surface area contributed by atoms with E-state index in [1.165, 1.54) is 0 Å². The SMILES string of the molecule is CNCCS(=O)(=O)NC(C)c1cccs1. The Balaban J connectivity index is 2.54. The van der Waals surface area contributed by atoms with E-state index in [9.17, 15) is 8.42 Å². The third kappa shape index (κ3) is 4.29. The van der Waals surface area contributed by atoms with Crippen LogP contribution in [0.2, 0.25) is 0 Å². The maximum absolute atomic E-state index is 11.5. The van der Waals surface area contributed by atoms with Crippen LogP contribution in [-0.4, -0.2) is 27.8 Å². The van der Waals surface area contributed by atoms with Gasteiger partial charge in [-0.2, -0.15) is 0 Å². The van der Waals surface area contributed by atoms with E-state index in [0.717, 1.165) is 4.88 Å². The van der Waals surface area contributed by atoms with Gasteiger partial charge in [0.1, 0.15) is 0 Å². The van der Waals surface area contributed by atoms with E-state index in [2.05, 4.69) is 10.0 Å². The highest BCUT2D eigenvalue weighted by Crippen LogP contribution is 2.18. The summed E-state index contributed by atoms with van der Waals surface area (Å²) in [7, 11) is -1.44. The van der Waals surface area contributed by atoms with E-state index >= 15 is 0 Å². The van der Waals surface area contributed by atoms with Crippen LogP contribution in [0.15, 0.2) is 17.5 Å². The summed E-state index contributed by atoms with van der Waals surface area (Å²) in [5, 5.41) is 4.75. The zero-order valence-corrected chi connectivity index (χ0v) is 10.5. The van der Waals surface area contributed by atoms with Crippen LogP contribution in [0.1, 0.15) is 17.8 Å². The average Bonchev–Trinajstić information content (AvgIpc) is 2.67. The fourth-order valence-electron chi connectivity index (χ4n) is 1.16. The molecule has 0 saturated carbocycles. The normalized spacial score (nSPS) is 14.0. The van der Waals surface area contributed by atoms with Crippen molar-refractivity contribution in [3.8, 4) is 0 Å². The molecule has 0 aliphatic carbocycles. The molecule has 1 atom stereocenters. The van der Waals surface area contributed by atoms with E-state index in [4.69, 9.17) is 0 Å². The maximum Gasteiger partial charge on any atom is 0.213 e. The van der Waals surface area contributed by atoms with E-state index in [-0.39, 0.29) is 11.8 Å². The highest BCUT2D eigenvalue weighted by molar-refractivity contribution is 7.89. The van der Waals surface area contributed by atoms with Gasteiger partial charge in [0.25, 0.3) is 0 Å². The second kappa shape index (κ2) is 5.60. The Bertz CT molecular complexity index is 373. The van der Waals surface area contributed by atoms with Crippen molar-refractivity contribution in [2.45, 2.75) is 13.0 Å². The molecule has 1 unspecified atom stereocenters. The molecule has 0 bridgehead atoms. The molecule has 0 aromatic carbocycles. The first-order chi connectivity index (χ1) is 7.05. The monoisotopic (exact) mass is 248 g/mol. The molecule has 86 valence electrons. The molecule has 4 nitrogen and oxygen atoms in total. The third-order valence-electron chi connectivity index (χ3n) is 1.95. The predicted octanol–water partition coefficient (Wildman–Crippen LogP) is 0.948. The Morgan fingerprint density at radius 3 is 2.80 bits per heavy atom. The first-order valence-electron chi connectivity index (χ1n) is 4.73. The quantitative estimate of drug-likeness (QED) is 0.788. The molecule has 0 spiro atoms. The van der Waals surface area contributed by atoms with Gasteiger partial charge in [-0.25, -0.2) is 13.1 Å². The molecule has 1 heterocycles. The van der Waals surface area contributed by atoms with E-state index in [1.54, 1.807) is 18.4 Å². The van der Waals surface area contributed by atoms with E-state index in [0.29, 0.717) is 6.54 Å². The molecule has 1 aromatic heterocycles. The third-order valence-corrected chi connectivity index (χ3v) is 4.46. The lowest BCUT2D eigenvalue weighted by atomic mass is 10.3. The van der Waals surface area contributed by atoms with Crippen molar-refractivity contribution in [3.05, 3.63) is 22.4 Å². The van der Waals surface area contributed by atoms with Crippen molar-refractivity contribution in [2.75, 3.05) is 19.3 Å². The smallest absolute Gasteiger partial charge is 0.213 e. The van der Waals surface area contributed by atoms with Gasteiger partial charge in [0, 0.05) is 11.4 Å². The molecular weight excluding hydrogens is 232 g/mol. The highest BCUT2D eigenvalue weighted by Gasteiger charge is 2.15. The second-order valence-electron chi connectivity index (χ2n) is 3.28. The number of nitrogens with one attached hydrogen (secondary N) is 2. The van der Waals surface area contributed by atoms with Crippen molar-refractivity contribution in [2.24, 2.45) is 0 Å². The van der Waals surface area contributed by atoms with Gasteiger partial charge in [-0.15, -0.1) is 11.3 Å². The molecule has 0 aliphatic heterocycles. The minimum absolute atomic E-state index is 0.110. The minimum Gasteiger partial charge on any atom is -0.319 e. The number of sulfonamides is 1. The van der Waals surface area contributed by atoms with Crippen molar-refractivity contribution in [3.63, 3.8) is 0 Å². The average molecular weight is 248 g/mol. The lowest BCUT2D eigenvalue weighted by molar-refractivity contribution is 0.566. The van der Waals surface area contributed by atoms with Crippen LogP contribution in [0.4, 0.5) is 0 Å². The lowest BCUT2D eigenvalue weighted by Gasteiger charge is -2.12. The van der Waals surface area contributed by atoms with Crippen LogP contribution in [-0.2, 0) is 10.0 Å².